The van der Waals surface area contributed by atoms with Crippen LogP contribution in [0.1, 0.15) is 35.2 Å². The number of benzene rings is 1. The van der Waals surface area contributed by atoms with E-state index in [1.807, 2.05) is 0 Å². The molecular weight excluding hydrogens is 266 g/mol. The molecule has 0 bridgehead atoms. The SMILES string of the molecule is Cc1cc(C(=O)O)cc(S(=O)(=O)N2CCCCC2)c1. The Morgan fingerprint density at radius 2 is 1.79 bits per heavy atom. The van der Waals surface area contributed by atoms with E-state index in [4.69, 9.17) is 5.11 Å². The van der Waals surface area contributed by atoms with E-state index >= 15 is 0 Å². The van der Waals surface area contributed by atoms with E-state index in [1.165, 1.54) is 22.5 Å². The van der Waals surface area contributed by atoms with Crippen LogP contribution in [0.3, 0.4) is 0 Å². The third-order valence-electron chi connectivity index (χ3n) is 3.25. The highest BCUT2D eigenvalue weighted by Gasteiger charge is 2.26. The number of piperidine rings is 1. The molecule has 2 rings (SSSR count). The van der Waals surface area contributed by atoms with Gasteiger partial charge < -0.3 is 5.11 Å². The van der Waals surface area contributed by atoms with Gasteiger partial charge in [-0.25, -0.2) is 13.2 Å². The Kier molecular flexibility index (Phi) is 3.91. The number of aryl methyl sites for hydroxylation is 1. The Morgan fingerprint density at radius 3 is 2.37 bits per heavy atom. The monoisotopic (exact) mass is 283 g/mol. The second-order valence-corrected chi connectivity index (χ2v) is 6.74. The molecule has 1 heterocycles. The third-order valence-corrected chi connectivity index (χ3v) is 5.13. The summed E-state index contributed by atoms with van der Waals surface area (Å²) < 4.78 is 26.3. The van der Waals surface area contributed by atoms with Gasteiger partial charge in [-0.2, -0.15) is 4.31 Å². The van der Waals surface area contributed by atoms with E-state index in [0.717, 1.165) is 19.3 Å². The molecule has 0 aliphatic carbocycles. The van der Waals surface area contributed by atoms with Crippen molar-refractivity contribution in [3.63, 3.8) is 0 Å². The molecule has 1 aromatic rings. The number of nitrogens with zero attached hydrogens (tertiary/aromatic N) is 1. The van der Waals surface area contributed by atoms with Gasteiger partial charge in [-0.05, 0) is 43.5 Å². The van der Waals surface area contributed by atoms with Gasteiger partial charge in [0.25, 0.3) is 0 Å². The first-order valence-corrected chi connectivity index (χ1v) is 7.70. The highest BCUT2D eigenvalue weighted by Crippen LogP contribution is 2.22. The van der Waals surface area contributed by atoms with Crippen molar-refractivity contribution in [3.05, 3.63) is 29.3 Å². The minimum atomic E-state index is -3.57. The Hall–Kier alpha value is -1.40. The maximum absolute atomic E-state index is 12.4. The van der Waals surface area contributed by atoms with Gasteiger partial charge in [-0.3, -0.25) is 0 Å². The molecule has 1 aliphatic rings. The van der Waals surface area contributed by atoms with Crippen LogP contribution in [0, 0.1) is 6.92 Å². The third kappa shape index (κ3) is 2.96. The van der Waals surface area contributed by atoms with Crippen LogP contribution in [0.4, 0.5) is 0 Å². The summed E-state index contributed by atoms with van der Waals surface area (Å²) in [5, 5.41) is 9.00. The van der Waals surface area contributed by atoms with E-state index in [-0.39, 0.29) is 10.5 Å². The van der Waals surface area contributed by atoms with Gasteiger partial charge in [0, 0.05) is 13.1 Å². The highest BCUT2D eigenvalue weighted by atomic mass is 32.2. The normalized spacial score (nSPS) is 17.3. The lowest BCUT2D eigenvalue weighted by Gasteiger charge is -2.26. The minimum absolute atomic E-state index is 0.00980. The first kappa shape index (κ1) is 14.0. The van der Waals surface area contributed by atoms with Crippen LogP contribution < -0.4 is 0 Å². The molecule has 104 valence electrons. The summed E-state index contributed by atoms with van der Waals surface area (Å²) in [5.41, 5.74) is 0.645. The van der Waals surface area contributed by atoms with E-state index in [1.54, 1.807) is 6.92 Å². The molecule has 0 unspecified atom stereocenters. The van der Waals surface area contributed by atoms with Gasteiger partial charge in [-0.15, -0.1) is 0 Å². The van der Waals surface area contributed by atoms with E-state index in [2.05, 4.69) is 0 Å². The summed E-state index contributed by atoms with van der Waals surface area (Å²) in [6.45, 7) is 2.72. The maximum atomic E-state index is 12.4. The molecule has 0 spiro atoms. The molecule has 19 heavy (non-hydrogen) atoms. The van der Waals surface area contributed by atoms with Crippen molar-refractivity contribution >= 4 is 16.0 Å². The lowest BCUT2D eigenvalue weighted by molar-refractivity contribution is 0.0696. The number of carboxylic acids is 1. The molecule has 1 N–H and O–H groups in total. The fourth-order valence-electron chi connectivity index (χ4n) is 2.27. The van der Waals surface area contributed by atoms with Gasteiger partial charge in [0.15, 0.2) is 0 Å². The molecule has 0 atom stereocenters. The van der Waals surface area contributed by atoms with Crippen LogP contribution >= 0.6 is 0 Å². The first-order chi connectivity index (χ1) is 8.91. The Bertz CT molecular complexity index is 589. The van der Waals surface area contributed by atoms with Gasteiger partial charge in [0.1, 0.15) is 0 Å². The first-order valence-electron chi connectivity index (χ1n) is 6.26. The van der Waals surface area contributed by atoms with Crippen LogP contribution in [0.15, 0.2) is 23.1 Å². The zero-order valence-electron chi connectivity index (χ0n) is 10.8. The average molecular weight is 283 g/mol. The van der Waals surface area contributed by atoms with Crippen molar-refractivity contribution in [2.75, 3.05) is 13.1 Å². The number of aromatic carboxylic acids is 1. The van der Waals surface area contributed by atoms with Crippen molar-refractivity contribution in [2.24, 2.45) is 0 Å². The van der Waals surface area contributed by atoms with Gasteiger partial charge in [-0.1, -0.05) is 6.42 Å². The smallest absolute Gasteiger partial charge is 0.335 e. The largest absolute Gasteiger partial charge is 0.478 e. The van der Waals surface area contributed by atoms with Gasteiger partial charge in [0.05, 0.1) is 10.5 Å². The standard InChI is InChI=1S/C13H17NO4S/c1-10-7-11(13(15)16)9-12(8-10)19(17,18)14-5-3-2-4-6-14/h7-9H,2-6H2,1H3,(H,15,16). The summed E-state index contributed by atoms with van der Waals surface area (Å²) in [6, 6.07) is 4.23. The van der Waals surface area contributed by atoms with Gasteiger partial charge >= 0.3 is 5.97 Å². The zero-order valence-corrected chi connectivity index (χ0v) is 11.6. The summed E-state index contributed by atoms with van der Waals surface area (Å²) in [5.74, 6) is -1.11. The molecule has 1 aliphatic heterocycles. The van der Waals surface area contributed by atoms with Crippen molar-refractivity contribution in [1.82, 2.24) is 4.31 Å². The lowest BCUT2D eigenvalue weighted by atomic mass is 10.1. The maximum Gasteiger partial charge on any atom is 0.335 e. The number of rotatable bonds is 3. The zero-order chi connectivity index (χ0) is 14.0. The van der Waals surface area contributed by atoms with E-state index in [9.17, 15) is 13.2 Å². The summed E-state index contributed by atoms with van der Waals surface area (Å²) >= 11 is 0. The minimum Gasteiger partial charge on any atom is -0.478 e. The van der Waals surface area contributed by atoms with E-state index < -0.39 is 16.0 Å². The van der Waals surface area contributed by atoms with Crippen molar-refractivity contribution in [2.45, 2.75) is 31.1 Å². The quantitative estimate of drug-likeness (QED) is 0.919. The Balaban J connectivity index is 2.42. The highest BCUT2D eigenvalue weighted by molar-refractivity contribution is 7.89. The van der Waals surface area contributed by atoms with Crippen LogP contribution in [0.2, 0.25) is 0 Å². The van der Waals surface area contributed by atoms with Crippen molar-refractivity contribution in [3.8, 4) is 0 Å². The number of sulfonamides is 1. The second kappa shape index (κ2) is 5.30. The van der Waals surface area contributed by atoms with Crippen LogP contribution in [-0.4, -0.2) is 36.9 Å². The summed E-state index contributed by atoms with van der Waals surface area (Å²) in [6.07, 6.45) is 2.76. The van der Waals surface area contributed by atoms with Crippen LogP contribution in [0.25, 0.3) is 0 Å². The average Bonchev–Trinajstić information content (AvgIpc) is 2.39. The molecule has 0 aromatic heterocycles. The number of hydrogen-bond acceptors (Lipinski definition) is 3. The molecule has 5 nitrogen and oxygen atoms in total. The van der Waals surface area contributed by atoms with Crippen molar-refractivity contribution < 1.29 is 18.3 Å². The molecule has 0 amide bonds. The second-order valence-electron chi connectivity index (χ2n) is 4.80. The number of hydrogen-bond donors (Lipinski definition) is 1. The number of carboxylic acid groups (broad SMARTS) is 1. The molecule has 0 saturated carbocycles. The topological polar surface area (TPSA) is 74.7 Å². The molecule has 1 fully saturated rings. The Morgan fingerprint density at radius 1 is 1.16 bits per heavy atom. The number of carbonyl (C=O) groups is 1. The predicted octanol–water partition coefficient (Wildman–Crippen LogP) is 1.87. The van der Waals surface area contributed by atoms with Gasteiger partial charge in [0.2, 0.25) is 10.0 Å². The summed E-state index contributed by atoms with van der Waals surface area (Å²) in [4.78, 5) is 11.1. The predicted molar refractivity (Wildman–Crippen MR) is 70.7 cm³/mol. The van der Waals surface area contributed by atoms with Crippen molar-refractivity contribution in [1.29, 1.82) is 0 Å². The lowest BCUT2D eigenvalue weighted by Crippen LogP contribution is -2.35. The summed E-state index contributed by atoms with van der Waals surface area (Å²) in [7, 11) is -3.57. The molecule has 1 aromatic carbocycles. The molecule has 6 heteroatoms. The van der Waals surface area contributed by atoms with Crippen LogP contribution in [0.5, 0.6) is 0 Å². The molecular formula is C13H17NO4S. The Labute approximate surface area is 112 Å². The molecule has 0 radical (unpaired) electrons. The van der Waals surface area contributed by atoms with Crippen LogP contribution in [-0.2, 0) is 10.0 Å². The molecule has 1 saturated heterocycles. The fraction of sp³-hybridized carbons (Fsp3) is 0.462. The fourth-order valence-corrected chi connectivity index (χ4v) is 3.92. The van der Waals surface area contributed by atoms with E-state index in [0.29, 0.717) is 18.7 Å².